The molecule has 8 nitrogen and oxygen atoms in total. The molecule has 0 radical (unpaired) electrons. The van der Waals surface area contributed by atoms with Gasteiger partial charge in [0, 0.05) is 42.5 Å². The predicted octanol–water partition coefficient (Wildman–Crippen LogP) is 1.23. The highest BCUT2D eigenvalue weighted by molar-refractivity contribution is 5.87. The van der Waals surface area contributed by atoms with Gasteiger partial charge in [-0.3, -0.25) is 15.0 Å². The summed E-state index contributed by atoms with van der Waals surface area (Å²) in [6.07, 6.45) is 1.88. The maximum Gasteiger partial charge on any atom is 0.247 e. The zero-order chi connectivity index (χ0) is 19.1. The van der Waals surface area contributed by atoms with Crippen LogP contribution in [-0.4, -0.2) is 36.2 Å². The van der Waals surface area contributed by atoms with Gasteiger partial charge >= 0.3 is 0 Å². The zero-order valence-corrected chi connectivity index (χ0v) is 15.1. The van der Waals surface area contributed by atoms with E-state index in [2.05, 4.69) is 32.9 Å². The lowest BCUT2D eigenvalue weighted by Crippen LogP contribution is -2.26. The molecular weight excluding hydrogens is 334 g/mol. The summed E-state index contributed by atoms with van der Waals surface area (Å²) >= 11 is 0. The lowest BCUT2D eigenvalue weighted by molar-refractivity contribution is -0.123. The minimum absolute atomic E-state index is 0.0948. The molecule has 0 aromatic heterocycles. The summed E-state index contributed by atoms with van der Waals surface area (Å²) in [4.78, 5) is 25.5. The second-order valence-electron chi connectivity index (χ2n) is 5.94. The number of nitrogens with zero attached hydrogens (tertiary/aromatic N) is 2. The fraction of sp³-hybridized carbons (Fsp3) is 0.389. The molecule has 1 heterocycles. The number of anilines is 1. The van der Waals surface area contributed by atoms with Crippen molar-refractivity contribution < 1.29 is 14.7 Å². The van der Waals surface area contributed by atoms with Gasteiger partial charge in [-0.15, -0.1) is 0 Å². The van der Waals surface area contributed by atoms with Crippen LogP contribution in [0.15, 0.2) is 35.6 Å². The van der Waals surface area contributed by atoms with Crippen molar-refractivity contribution in [1.29, 1.82) is 0 Å². The number of phenolic OH excluding ortho intramolecular Hbond substituents is 1. The van der Waals surface area contributed by atoms with Crippen molar-refractivity contribution >= 4 is 23.7 Å². The summed E-state index contributed by atoms with van der Waals surface area (Å²) in [6, 6.07) is 5.32. The van der Waals surface area contributed by atoms with Crippen LogP contribution in [0.2, 0.25) is 0 Å². The molecule has 1 aromatic rings. The van der Waals surface area contributed by atoms with Gasteiger partial charge in [0.15, 0.2) is 0 Å². The smallest absolute Gasteiger partial charge is 0.247 e. The van der Waals surface area contributed by atoms with E-state index < -0.39 is 5.92 Å². The van der Waals surface area contributed by atoms with Crippen molar-refractivity contribution in [3.05, 3.63) is 36.0 Å². The van der Waals surface area contributed by atoms with Crippen LogP contribution in [0, 0.1) is 5.92 Å². The lowest BCUT2D eigenvalue weighted by atomic mass is 10.0. The summed E-state index contributed by atoms with van der Waals surface area (Å²) in [6.45, 7) is 9.51. The fourth-order valence-electron chi connectivity index (χ4n) is 2.71. The van der Waals surface area contributed by atoms with Crippen LogP contribution in [0.25, 0.3) is 0 Å². The summed E-state index contributed by atoms with van der Waals surface area (Å²) in [7, 11) is 0. The van der Waals surface area contributed by atoms with Crippen molar-refractivity contribution in [2.75, 3.05) is 18.0 Å². The molecule has 8 heteroatoms. The molecule has 1 fully saturated rings. The van der Waals surface area contributed by atoms with Crippen LogP contribution in [0.5, 0.6) is 5.75 Å². The molecule has 0 aliphatic carbocycles. The van der Waals surface area contributed by atoms with Crippen molar-refractivity contribution in [3.8, 4) is 5.75 Å². The topological polar surface area (TPSA) is 106 Å². The largest absolute Gasteiger partial charge is 0.507 e. The number of aromatic hydroxyl groups is 1. The first-order valence-electron chi connectivity index (χ1n) is 8.60. The van der Waals surface area contributed by atoms with Crippen LogP contribution < -0.4 is 21.2 Å². The number of carbonyl (C=O) groups excluding carboxylic acids is 2. The van der Waals surface area contributed by atoms with Crippen molar-refractivity contribution in [2.45, 2.75) is 26.7 Å². The summed E-state index contributed by atoms with van der Waals surface area (Å²) < 4.78 is 0. The Labute approximate surface area is 152 Å². The average molecular weight is 359 g/mol. The van der Waals surface area contributed by atoms with Gasteiger partial charge in [0.25, 0.3) is 0 Å². The highest BCUT2D eigenvalue weighted by Gasteiger charge is 2.28. The molecule has 0 bridgehead atoms. The molecule has 140 valence electrons. The van der Waals surface area contributed by atoms with E-state index in [1.807, 2.05) is 19.9 Å². The number of amides is 2. The van der Waals surface area contributed by atoms with Gasteiger partial charge in [-0.25, -0.2) is 5.43 Å². The Morgan fingerprint density at radius 3 is 2.69 bits per heavy atom. The first-order chi connectivity index (χ1) is 12.5. The van der Waals surface area contributed by atoms with Gasteiger partial charge < -0.3 is 15.4 Å². The fourth-order valence-corrected chi connectivity index (χ4v) is 2.71. The number of benzene rings is 1. The third kappa shape index (κ3) is 4.75. The first-order valence-corrected chi connectivity index (χ1v) is 8.60. The van der Waals surface area contributed by atoms with E-state index in [4.69, 9.17) is 0 Å². The highest BCUT2D eigenvalue weighted by Crippen LogP contribution is 2.23. The predicted molar refractivity (Wildman–Crippen MR) is 101 cm³/mol. The molecule has 1 atom stereocenters. The van der Waals surface area contributed by atoms with E-state index in [9.17, 15) is 14.7 Å². The quantitative estimate of drug-likeness (QED) is 0.413. The van der Waals surface area contributed by atoms with Gasteiger partial charge in [-0.05, 0) is 32.4 Å². The van der Waals surface area contributed by atoms with Gasteiger partial charge in [-0.2, -0.15) is 5.10 Å². The van der Waals surface area contributed by atoms with E-state index in [-0.39, 0.29) is 24.0 Å². The third-order valence-corrected chi connectivity index (χ3v) is 4.28. The average Bonchev–Trinajstić information content (AvgIpc) is 2.94. The third-order valence-electron chi connectivity index (χ3n) is 4.28. The number of phenols is 1. The number of hydrogen-bond donors (Lipinski definition) is 4. The molecule has 1 aromatic carbocycles. The van der Waals surface area contributed by atoms with Crippen molar-refractivity contribution in [1.82, 2.24) is 16.3 Å². The molecule has 1 aliphatic heterocycles. The lowest BCUT2D eigenvalue weighted by Gasteiger charge is -2.21. The number of hydrazine groups is 1. The van der Waals surface area contributed by atoms with Crippen molar-refractivity contribution in [2.24, 2.45) is 11.0 Å². The van der Waals surface area contributed by atoms with E-state index >= 15 is 0 Å². The monoisotopic (exact) mass is 359 g/mol. The van der Waals surface area contributed by atoms with E-state index in [0.717, 1.165) is 18.8 Å². The van der Waals surface area contributed by atoms with Crippen LogP contribution >= 0.6 is 0 Å². The summed E-state index contributed by atoms with van der Waals surface area (Å²) in [5.41, 5.74) is 9.50. The van der Waals surface area contributed by atoms with E-state index in [1.165, 1.54) is 6.21 Å². The Morgan fingerprint density at radius 1 is 1.38 bits per heavy atom. The molecule has 4 N–H and O–H groups in total. The van der Waals surface area contributed by atoms with E-state index in [1.54, 1.807) is 12.1 Å². The van der Waals surface area contributed by atoms with Crippen LogP contribution in [0.4, 0.5) is 5.69 Å². The molecule has 1 unspecified atom stereocenters. The first kappa shape index (κ1) is 19.3. The van der Waals surface area contributed by atoms with Gasteiger partial charge in [-0.1, -0.05) is 6.58 Å². The molecule has 1 aliphatic rings. The van der Waals surface area contributed by atoms with E-state index in [0.29, 0.717) is 17.7 Å². The standard InChI is InChI=1S/C18H25N5O3/c1-4-23(5-2)14-7-6-13(16(24)10-14)11-19-21-17(25)9-8-15-12(3)20-22-18(15)26/h6-7,10-11,15,20,24H,3-5,8-9H2,1-2H3,(H,21,25)(H,22,26)/b19-11+. The number of carbonyl (C=O) groups is 2. The highest BCUT2D eigenvalue weighted by atomic mass is 16.3. The minimum Gasteiger partial charge on any atom is -0.507 e. The molecule has 2 amide bonds. The molecule has 0 saturated carbocycles. The molecule has 26 heavy (non-hydrogen) atoms. The van der Waals surface area contributed by atoms with Crippen LogP contribution in [-0.2, 0) is 9.59 Å². The number of rotatable bonds is 8. The Bertz CT molecular complexity index is 697. The molecule has 1 saturated heterocycles. The number of hydrogen-bond acceptors (Lipinski definition) is 6. The number of hydrazone groups is 1. The van der Waals surface area contributed by atoms with Crippen LogP contribution in [0.1, 0.15) is 32.3 Å². The van der Waals surface area contributed by atoms with Crippen molar-refractivity contribution in [3.63, 3.8) is 0 Å². The molecule has 2 rings (SSSR count). The van der Waals surface area contributed by atoms with Gasteiger partial charge in [0.05, 0.1) is 12.1 Å². The number of nitrogens with one attached hydrogen (secondary N) is 3. The summed E-state index contributed by atoms with van der Waals surface area (Å²) in [5.74, 6) is -0.823. The Kier molecular flexibility index (Phi) is 6.60. The maximum atomic E-state index is 11.8. The maximum absolute atomic E-state index is 11.8. The van der Waals surface area contributed by atoms with Crippen LogP contribution in [0.3, 0.4) is 0 Å². The van der Waals surface area contributed by atoms with Gasteiger partial charge in [0.1, 0.15) is 5.75 Å². The second-order valence-corrected chi connectivity index (χ2v) is 5.94. The zero-order valence-electron chi connectivity index (χ0n) is 15.1. The Balaban J connectivity index is 1.86. The molecular formula is C18H25N5O3. The SMILES string of the molecule is C=C1NNC(=O)C1CCC(=O)N/N=C/c1ccc(N(CC)CC)cc1O. The van der Waals surface area contributed by atoms with Gasteiger partial charge in [0.2, 0.25) is 11.8 Å². The second kappa shape index (κ2) is 8.89. The molecule has 0 spiro atoms. The summed E-state index contributed by atoms with van der Waals surface area (Å²) in [5, 5.41) is 14.0. The normalized spacial score (nSPS) is 16.5. The Hall–Kier alpha value is -3.03. The minimum atomic E-state index is -0.415. The Morgan fingerprint density at radius 2 is 2.12 bits per heavy atom.